The molecule has 9 heteroatoms. The van der Waals surface area contributed by atoms with Crippen LogP contribution in [0, 0.1) is 0 Å². The first-order valence-corrected chi connectivity index (χ1v) is 9.33. The number of hydrogen-bond donors (Lipinski definition) is 1. The summed E-state index contributed by atoms with van der Waals surface area (Å²) < 4.78 is 3.67. The van der Waals surface area contributed by atoms with Gasteiger partial charge in [-0.25, -0.2) is 4.68 Å². The van der Waals surface area contributed by atoms with Crippen LogP contribution in [0.2, 0.25) is 0 Å². The quantitative estimate of drug-likeness (QED) is 0.689. The molecule has 1 aliphatic carbocycles. The van der Waals surface area contributed by atoms with Crippen LogP contribution in [0.5, 0.6) is 0 Å². The first kappa shape index (κ1) is 18.3. The number of benzene rings is 1. The van der Waals surface area contributed by atoms with Crippen molar-refractivity contribution >= 4 is 5.91 Å². The monoisotopic (exact) mass is 380 g/mol. The average molecular weight is 380 g/mol. The minimum absolute atomic E-state index is 0.119. The summed E-state index contributed by atoms with van der Waals surface area (Å²) in [4.78, 5) is 14.5. The lowest BCUT2D eigenvalue weighted by molar-refractivity contribution is 0.0901. The second-order valence-corrected chi connectivity index (χ2v) is 7.49. The molecule has 3 aromatic rings. The number of rotatable bonds is 6. The summed E-state index contributed by atoms with van der Waals surface area (Å²) in [5.74, 6) is 2.05. The molecule has 1 aromatic carbocycles. The first-order chi connectivity index (χ1) is 13.5. The molecule has 4 rings (SSSR count). The van der Waals surface area contributed by atoms with Gasteiger partial charge in [0.1, 0.15) is 11.6 Å². The number of carbonyl (C=O) groups excluding carboxylic acids is 1. The van der Waals surface area contributed by atoms with E-state index in [9.17, 15) is 4.79 Å². The van der Waals surface area contributed by atoms with Crippen molar-refractivity contribution in [1.82, 2.24) is 40.0 Å². The maximum atomic E-state index is 12.5. The van der Waals surface area contributed by atoms with E-state index in [2.05, 4.69) is 35.3 Å². The third kappa shape index (κ3) is 3.65. The summed E-state index contributed by atoms with van der Waals surface area (Å²) in [6.07, 6.45) is 3.36. The minimum Gasteiger partial charge on any atom is -0.348 e. The molecule has 2 aromatic heterocycles. The molecule has 0 unspecified atom stereocenters. The number of nitrogens with one attached hydrogen (secondary N) is 1. The predicted molar refractivity (Wildman–Crippen MR) is 103 cm³/mol. The van der Waals surface area contributed by atoms with Gasteiger partial charge in [0, 0.05) is 19.0 Å². The van der Waals surface area contributed by atoms with E-state index in [0.717, 1.165) is 36.7 Å². The highest BCUT2D eigenvalue weighted by Crippen LogP contribution is 2.36. The van der Waals surface area contributed by atoms with E-state index in [1.54, 1.807) is 10.9 Å². The molecule has 2 heterocycles. The summed E-state index contributed by atoms with van der Waals surface area (Å²) in [5, 5.41) is 19.7. The third-order valence-electron chi connectivity index (χ3n) is 5.04. The summed E-state index contributed by atoms with van der Waals surface area (Å²) in [6, 6.07) is 9.72. The van der Waals surface area contributed by atoms with E-state index in [4.69, 9.17) is 0 Å². The van der Waals surface area contributed by atoms with Gasteiger partial charge in [0.2, 0.25) is 0 Å². The fourth-order valence-electron chi connectivity index (χ4n) is 3.43. The maximum absolute atomic E-state index is 12.5. The van der Waals surface area contributed by atoms with E-state index in [0.29, 0.717) is 11.6 Å². The first-order valence-electron chi connectivity index (χ1n) is 9.33. The van der Waals surface area contributed by atoms with E-state index >= 15 is 0 Å². The second kappa shape index (κ2) is 7.51. The molecule has 1 fully saturated rings. The summed E-state index contributed by atoms with van der Waals surface area (Å²) >= 11 is 0. The smallest absolute Gasteiger partial charge is 0.273 e. The van der Waals surface area contributed by atoms with Gasteiger partial charge in [-0.05, 0) is 39.1 Å². The molecular weight excluding hydrogens is 356 g/mol. The Kier molecular flexibility index (Phi) is 4.91. The van der Waals surface area contributed by atoms with Crippen molar-refractivity contribution in [3.63, 3.8) is 0 Å². The molecule has 0 aliphatic heterocycles. The largest absolute Gasteiger partial charge is 0.348 e. The van der Waals surface area contributed by atoms with Gasteiger partial charge in [0.25, 0.3) is 5.91 Å². The second-order valence-electron chi connectivity index (χ2n) is 7.49. The van der Waals surface area contributed by atoms with Gasteiger partial charge in [0.15, 0.2) is 5.69 Å². The molecule has 0 radical (unpaired) electrons. The summed E-state index contributed by atoms with van der Waals surface area (Å²) in [6.45, 7) is 0.757. The van der Waals surface area contributed by atoms with Crippen molar-refractivity contribution in [1.29, 1.82) is 0 Å². The minimum atomic E-state index is -0.197. The van der Waals surface area contributed by atoms with Gasteiger partial charge in [-0.1, -0.05) is 23.4 Å². The number of hydrogen-bond acceptors (Lipinski definition) is 6. The van der Waals surface area contributed by atoms with Gasteiger partial charge < -0.3 is 14.8 Å². The van der Waals surface area contributed by atoms with Crippen molar-refractivity contribution in [2.75, 3.05) is 14.1 Å². The Balaban J connectivity index is 1.33. The van der Waals surface area contributed by atoms with Crippen LogP contribution in [0.1, 0.15) is 40.9 Å². The lowest BCUT2D eigenvalue weighted by Gasteiger charge is -2.34. The van der Waals surface area contributed by atoms with Gasteiger partial charge >= 0.3 is 0 Å². The Morgan fingerprint density at radius 3 is 2.64 bits per heavy atom. The lowest BCUT2D eigenvalue weighted by atomic mass is 9.79. The summed E-state index contributed by atoms with van der Waals surface area (Å²) in [7, 11) is 6.02. The van der Waals surface area contributed by atoms with Crippen molar-refractivity contribution in [2.45, 2.75) is 31.3 Å². The zero-order valence-electron chi connectivity index (χ0n) is 16.3. The maximum Gasteiger partial charge on any atom is 0.273 e. The Labute approximate surface area is 163 Å². The van der Waals surface area contributed by atoms with E-state index in [1.165, 1.54) is 0 Å². The number of amides is 1. The SMILES string of the molecule is CN(C)Cc1nnc(C2CC(NC(=O)c3cn(-c4ccccc4)nn3)C2)n1C. The molecule has 1 N–H and O–H groups in total. The topological polar surface area (TPSA) is 93.8 Å². The van der Waals surface area contributed by atoms with Gasteiger partial charge in [-0.15, -0.1) is 15.3 Å². The lowest BCUT2D eigenvalue weighted by Crippen LogP contribution is -2.44. The van der Waals surface area contributed by atoms with Crippen molar-refractivity contribution in [3.8, 4) is 5.69 Å². The van der Waals surface area contributed by atoms with E-state index < -0.39 is 0 Å². The molecule has 0 bridgehead atoms. The number of aromatic nitrogens is 6. The van der Waals surface area contributed by atoms with Crippen LogP contribution < -0.4 is 5.32 Å². The Morgan fingerprint density at radius 2 is 1.93 bits per heavy atom. The molecule has 1 amide bonds. The molecule has 0 spiro atoms. The normalized spacial score (nSPS) is 18.9. The van der Waals surface area contributed by atoms with Crippen LogP contribution in [0.3, 0.4) is 0 Å². The van der Waals surface area contributed by atoms with Crippen LogP contribution in [-0.2, 0) is 13.6 Å². The van der Waals surface area contributed by atoms with Gasteiger partial charge in [-0.2, -0.15) is 0 Å². The molecule has 9 nitrogen and oxygen atoms in total. The molecule has 1 saturated carbocycles. The average Bonchev–Trinajstić information content (AvgIpc) is 3.27. The number of carbonyl (C=O) groups is 1. The molecule has 0 saturated heterocycles. The Bertz CT molecular complexity index is 955. The molecule has 28 heavy (non-hydrogen) atoms. The Hall–Kier alpha value is -3.07. The van der Waals surface area contributed by atoms with Gasteiger partial charge in [0.05, 0.1) is 18.4 Å². The van der Waals surface area contributed by atoms with Gasteiger partial charge in [-0.3, -0.25) is 4.79 Å². The van der Waals surface area contributed by atoms with Crippen LogP contribution >= 0.6 is 0 Å². The molecule has 1 aliphatic rings. The highest BCUT2D eigenvalue weighted by molar-refractivity contribution is 5.92. The number of para-hydroxylation sites is 1. The van der Waals surface area contributed by atoms with Crippen molar-refractivity contribution in [3.05, 3.63) is 53.9 Å². The van der Waals surface area contributed by atoms with Crippen LogP contribution in [0.25, 0.3) is 5.69 Å². The fourth-order valence-corrected chi connectivity index (χ4v) is 3.43. The van der Waals surface area contributed by atoms with E-state index in [1.807, 2.05) is 51.5 Å². The molecule has 146 valence electrons. The molecular formula is C19H24N8O. The zero-order chi connectivity index (χ0) is 19.7. The summed E-state index contributed by atoms with van der Waals surface area (Å²) in [5.41, 5.74) is 1.19. The van der Waals surface area contributed by atoms with Crippen LogP contribution in [0.15, 0.2) is 36.5 Å². The van der Waals surface area contributed by atoms with Crippen LogP contribution in [0.4, 0.5) is 0 Å². The Morgan fingerprint density at radius 1 is 1.18 bits per heavy atom. The predicted octanol–water partition coefficient (Wildman–Crippen LogP) is 1.13. The molecule has 0 atom stereocenters. The highest BCUT2D eigenvalue weighted by Gasteiger charge is 2.35. The highest BCUT2D eigenvalue weighted by atomic mass is 16.2. The standard InChI is InChI=1S/C19H24N8O/c1-25(2)12-17-22-23-18(26(17)3)13-9-14(10-13)20-19(28)16-11-27(24-21-16)15-7-5-4-6-8-15/h4-8,11,13-14H,9-10,12H2,1-3H3,(H,20,28). The fraction of sp³-hybridized carbons (Fsp3) is 0.421. The van der Waals surface area contributed by atoms with Crippen LogP contribution in [-0.4, -0.2) is 60.7 Å². The number of nitrogens with zero attached hydrogens (tertiary/aromatic N) is 7. The van der Waals surface area contributed by atoms with Crippen molar-refractivity contribution in [2.24, 2.45) is 7.05 Å². The zero-order valence-corrected chi connectivity index (χ0v) is 16.3. The van der Waals surface area contributed by atoms with E-state index in [-0.39, 0.29) is 11.9 Å². The third-order valence-corrected chi connectivity index (χ3v) is 5.04. The van der Waals surface area contributed by atoms with Crippen molar-refractivity contribution < 1.29 is 4.79 Å².